The van der Waals surface area contributed by atoms with E-state index in [1.54, 1.807) is 0 Å². The lowest BCUT2D eigenvalue weighted by atomic mass is 9.62. The number of hydrogen-bond acceptors (Lipinski definition) is 1. The summed E-state index contributed by atoms with van der Waals surface area (Å²) < 4.78 is 1.18. The van der Waals surface area contributed by atoms with Crippen molar-refractivity contribution in [3.8, 4) is 0 Å². The molecule has 1 heterocycles. The largest absolute Gasteiger partial charge is 0.316 e. The van der Waals surface area contributed by atoms with Crippen LogP contribution < -0.4 is 5.32 Å². The Labute approximate surface area is 132 Å². The fourth-order valence-electron chi connectivity index (χ4n) is 3.79. The van der Waals surface area contributed by atoms with Crippen molar-refractivity contribution >= 4 is 15.9 Å². The lowest BCUT2D eigenvalue weighted by Crippen LogP contribution is -2.44. The zero-order chi connectivity index (χ0) is 14.6. The Bertz CT molecular complexity index is 414. The highest BCUT2D eigenvalue weighted by Gasteiger charge is 2.40. The molecule has 0 radical (unpaired) electrons. The Morgan fingerprint density at radius 1 is 1.30 bits per heavy atom. The molecule has 3 atom stereocenters. The molecule has 0 amide bonds. The molecule has 1 N–H and O–H groups in total. The molecule has 2 rings (SSSR count). The van der Waals surface area contributed by atoms with Gasteiger partial charge in [-0.1, -0.05) is 55.3 Å². The van der Waals surface area contributed by atoms with Gasteiger partial charge in [-0.05, 0) is 54.8 Å². The van der Waals surface area contributed by atoms with Gasteiger partial charge in [-0.2, -0.15) is 0 Å². The smallest absolute Gasteiger partial charge is 0.0175 e. The fraction of sp³-hybridized carbons (Fsp3) is 0.667. The van der Waals surface area contributed by atoms with Crippen LogP contribution in [0.2, 0.25) is 0 Å². The highest BCUT2D eigenvalue weighted by atomic mass is 79.9. The van der Waals surface area contributed by atoms with Gasteiger partial charge in [0.05, 0.1) is 0 Å². The topological polar surface area (TPSA) is 12.0 Å². The molecule has 0 spiro atoms. The average Bonchev–Trinajstić information content (AvgIpc) is 2.48. The minimum absolute atomic E-state index is 0.481. The summed E-state index contributed by atoms with van der Waals surface area (Å²) >= 11 is 3.55. The summed E-state index contributed by atoms with van der Waals surface area (Å²) in [7, 11) is 0. The van der Waals surface area contributed by atoms with Gasteiger partial charge in [0.15, 0.2) is 0 Å². The molecular weight excluding hydrogens is 310 g/mol. The highest BCUT2D eigenvalue weighted by Crippen LogP contribution is 2.48. The highest BCUT2D eigenvalue weighted by molar-refractivity contribution is 9.10. The maximum Gasteiger partial charge on any atom is 0.0175 e. The van der Waals surface area contributed by atoms with E-state index in [1.807, 2.05) is 0 Å². The summed E-state index contributed by atoms with van der Waals surface area (Å²) in [4.78, 5) is 0. The average molecular weight is 338 g/mol. The maximum atomic E-state index is 3.62. The van der Waals surface area contributed by atoms with Crippen LogP contribution in [0.25, 0.3) is 0 Å². The second kappa shape index (κ2) is 7.09. The predicted octanol–water partition coefficient (Wildman–Crippen LogP) is 5.36. The molecule has 1 aliphatic heterocycles. The number of hydrogen-bond donors (Lipinski definition) is 1. The van der Waals surface area contributed by atoms with Crippen LogP contribution >= 0.6 is 15.9 Å². The lowest BCUT2D eigenvalue weighted by Gasteiger charge is -2.46. The second-order valence-corrected chi connectivity index (χ2v) is 7.41. The molecule has 1 nitrogen and oxygen atoms in total. The van der Waals surface area contributed by atoms with Gasteiger partial charge in [0.1, 0.15) is 0 Å². The molecule has 0 aliphatic carbocycles. The van der Waals surface area contributed by atoms with Crippen LogP contribution in [-0.4, -0.2) is 13.1 Å². The monoisotopic (exact) mass is 337 g/mol. The molecule has 20 heavy (non-hydrogen) atoms. The zero-order valence-electron chi connectivity index (χ0n) is 13.1. The minimum atomic E-state index is 0.481. The molecule has 0 saturated carbocycles. The number of benzene rings is 1. The van der Waals surface area contributed by atoms with Crippen LogP contribution in [0.15, 0.2) is 28.7 Å². The third-order valence-electron chi connectivity index (χ3n) is 5.32. The summed E-state index contributed by atoms with van der Waals surface area (Å²) in [6.45, 7) is 9.44. The molecular formula is C18H28BrN. The van der Waals surface area contributed by atoms with Crippen molar-refractivity contribution in [2.24, 2.45) is 11.3 Å². The molecule has 1 fully saturated rings. The first-order chi connectivity index (χ1) is 9.61. The molecule has 2 heteroatoms. The molecule has 1 aliphatic rings. The lowest BCUT2D eigenvalue weighted by molar-refractivity contribution is 0.116. The van der Waals surface area contributed by atoms with Gasteiger partial charge >= 0.3 is 0 Å². The van der Waals surface area contributed by atoms with Gasteiger partial charge in [-0.15, -0.1) is 0 Å². The van der Waals surface area contributed by atoms with E-state index in [0.29, 0.717) is 11.3 Å². The summed E-state index contributed by atoms with van der Waals surface area (Å²) in [5.74, 6) is 1.48. The number of piperidine rings is 1. The fourth-order valence-corrected chi connectivity index (χ4v) is 4.06. The van der Waals surface area contributed by atoms with E-state index in [2.05, 4.69) is 66.3 Å². The minimum Gasteiger partial charge on any atom is -0.316 e. The van der Waals surface area contributed by atoms with Crippen LogP contribution in [0.5, 0.6) is 0 Å². The summed E-state index contributed by atoms with van der Waals surface area (Å²) in [6.07, 6.45) is 5.26. The molecule has 3 unspecified atom stereocenters. The van der Waals surface area contributed by atoms with Crippen molar-refractivity contribution in [3.63, 3.8) is 0 Å². The number of halogens is 1. The van der Waals surface area contributed by atoms with Crippen molar-refractivity contribution in [1.82, 2.24) is 5.32 Å². The van der Waals surface area contributed by atoms with E-state index in [0.717, 1.165) is 12.5 Å². The van der Waals surface area contributed by atoms with Crippen LogP contribution in [-0.2, 0) is 0 Å². The van der Waals surface area contributed by atoms with Gasteiger partial charge in [-0.25, -0.2) is 0 Å². The molecule has 1 aromatic carbocycles. The van der Waals surface area contributed by atoms with E-state index in [1.165, 1.54) is 42.3 Å². The molecule has 112 valence electrons. The van der Waals surface area contributed by atoms with Crippen LogP contribution in [0.3, 0.4) is 0 Å². The number of nitrogens with one attached hydrogen (secondary N) is 1. The van der Waals surface area contributed by atoms with Gasteiger partial charge in [-0.3, -0.25) is 0 Å². The maximum absolute atomic E-state index is 3.62. The SMILES string of the molecule is CCC(C)CC1(CC)CCNCC1c1ccc(Br)cc1. The Morgan fingerprint density at radius 3 is 2.60 bits per heavy atom. The van der Waals surface area contributed by atoms with Crippen molar-refractivity contribution in [3.05, 3.63) is 34.3 Å². The van der Waals surface area contributed by atoms with E-state index < -0.39 is 0 Å². The Morgan fingerprint density at radius 2 is 2.00 bits per heavy atom. The quantitative estimate of drug-likeness (QED) is 0.762. The summed E-state index contributed by atoms with van der Waals surface area (Å²) in [5.41, 5.74) is 1.99. The van der Waals surface area contributed by atoms with Crippen LogP contribution in [0.1, 0.15) is 57.9 Å². The van der Waals surface area contributed by atoms with Crippen molar-refractivity contribution < 1.29 is 0 Å². The summed E-state index contributed by atoms with van der Waals surface area (Å²) in [5, 5.41) is 3.62. The molecule has 1 saturated heterocycles. The first-order valence-corrected chi connectivity index (χ1v) is 8.86. The van der Waals surface area contributed by atoms with E-state index >= 15 is 0 Å². The van der Waals surface area contributed by atoms with Crippen LogP contribution in [0.4, 0.5) is 0 Å². The number of rotatable bonds is 5. The van der Waals surface area contributed by atoms with Gasteiger partial charge < -0.3 is 5.32 Å². The zero-order valence-corrected chi connectivity index (χ0v) is 14.7. The first-order valence-electron chi connectivity index (χ1n) is 8.07. The normalized spacial score (nSPS) is 28.3. The molecule has 1 aromatic rings. The van der Waals surface area contributed by atoms with Gasteiger partial charge in [0.2, 0.25) is 0 Å². The van der Waals surface area contributed by atoms with Crippen molar-refractivity contribution in [2.45, 2.75) is 52.4 Å². The molecule has 0 bridgehead atoms. The first kappa shape index (κ1) is 16.0. The Hall–Kier alpha value is -0.340. The third-order valence-corrected chi connectivity index (χ3v) is 5.84. The van der Waals surface area contributed by atoms with E-state index in [4.69, 9.17) is 0 Å². The second-order valence-electron chi connectivity index (χ2n) is 6.49. The Kier molecular flexibility index (Phi) is 5.68. The van der Waals surface area contributed by atoms with Crippen LogP contribution in [0, 0.1) is 11.3 Å². The van der Waals surface area contributed by atoms with Crippen molar-refractivity contribution in [2.75, 3.05) is 13.1 Å². The van der Waals surface area contributed by atoms with Gasteiger partial charge in [0.25, 0.3) is 0 Å². The van der Waals surface area contributed by atoms with E-state index in [9.17, 15) is 0 Å². The summed E-state index contributed by atoms with van der Waals surface area (Å²) in [6, 6.07) is 8.99. The van der Waals surface area contributed by atoms with Crippen molar-refractivity contribution in [1.29, 1.82) is 0 Å². The van der Waals surface area contributed by atoms with E-state index in [-0.39, 0.29) is 0 Å². The predicted molar refractivity (Wildman–Crippen MR) is 91.2 cm³/mol. The Balaban J connectivity index is 2.28. The molecule has 0 aromatic heterocycles. The third kappa shape index (κ3) is 3.46. The van der Waals surface area contributed by atoms with Gasteiger partial charge in [0, 0.05) is 16.9 Å². The standard InChI is InChI=1S/C18H28BrN/c1-4-14(3)12-18(5-2)10-11-20-13-17(18)15-6-8-16(19)9-7-15/h6-9,14,17,20H,4-5,10-13H2,1-3H3.